The van der Waals surface area contributed by atoms with E-state index in [1.807, 2.05) is 23.1 Å². The maximum Gasteiger partial charge on any atom is 0.0299 e. The molecule has 1 rings (SSSR count). The summed E-state index contributed by atoms with van der Waals surface area (Å²) in [5.41, 5.74) is 1.50. The molecule has 19 heavy (non-hydrogen) atoms. The van der Waals surface area contributed by atoms with Crippen LogP contribution in [0.5, 0.6) is 0 Å². The Morgan fingerprint density at radius 1 is 1.47 bits per heavy atom. The van der Waals surface area contributed by atoms with Crippen molar-refractivity contribution >= 4 is 23.1 Å². The van der Waals surface area contributed by atoms with E-state index in [1.165, 1.54) is 27.5 Å². The number of hydrogen-bond acceptors (Lipinski definition) is 4. The van der Waals surface area contributed by atoms with Gasteiger partial charge in [-0.05, 0) is 57.5 Å². The van der Waals surface area contributed by atoms with E-state index in [9.17, 15) is 0 Å². The van der Waals surface area contributed by atoms with E-state index in [2.05, 4.69) is 50.4 Å². The van der Waals surface area contributed by atoms with Crippen LogP contribution >= 0.6 is 23.1 Å². The maximum absolute atomic E-state index is 3.40. The van der Waals surface area contributed by atoms with Crippen molar-refractivity contribution in [1.82, 2.24) is 10.2 Å². The Hall–Kier alpha value is -0.0300. The summed E-state index contributed by atoms with van der Waals surface area (Å²) in [5, 5.41) is 3.40. The largest absolute Gasteiger partial charge is 0.312 e. The topological polar surface area (TPSA) is 15.3 Å². The smallest absolute Gasteiger partial charge is 0.0299 e. The summed E-state index contributed by atoms with van der Waals surface area (Å²) in [5.74, 6) is 1.25. The molecule has 0 saturated heterocycles. The third kappa shape index (κ3) is 5.86. The molecule has 1 aromatic heterocycles. The number of hydrogen-bond donors (Lipinski definition) is 1. The Morgan fingerprint density at radius 3 is 2.84 bits per heavy atom. The molecule has 0 radical (unpaired) electrons. The first-order valence-electron chi connectivity index (χ1n) is 7.06. The predicted molar refractivity (Wildman–Crippen MR) is 90.4 cm³/mol. The molecule has 0 spiro atoms. The van der Waals surface area contributed by atoms with E-state index < -0.39 is 0 Å². The summed E-state index contributed by atoms with van der Waals surface area (Å²) in [6.07, 6.45) is 3.45. The third-order valence-electron chi connectivity index (χ3n) is 3.53. The Balaban J connectivity index is 2.53. The van der Waals surface area contributed by atoms with E-state index in [-0.39, 0.29) is 0 Å². The maximum atomic E-state index is 3.40. The van der Waals surface area contributed by atoms with Crippen molar-refractivity contribution in [2.24, 2.45) is 0 Å². The molecule has 0 bridgehead atoms. The van der Waals surface area contributed by atoms with Crippen LogP contribution in [-0.2, 0) is 13.1 Å². The Bertz CT molecular complexity index is 363. The highest BCUT2D eigenvalue weighted by atomic mass is 32.2. The van der Waals surface area contributed by atoms with Gasteiger partial charge in [0, 0.05) is 28.9 Å². The van der Waals surface area contributed by atoms with E-state index in [0.717, 1.165) is 19.6 Å². The van der Waals surface area contributed by atoms with Crippen molar-refractivity contribution in [3.8, 4) is 0 Å². The molecule has 0 aliphatic rings. The third-order valence-corrected chi connectivity index (χ3v) is 5.27. The molecule has 0 saturated carbocycles. The second kappa shape index (κ2) is 9.01. The Kier molecular flexibility index (Phi) is 8.07. The molecule has 2 nitrogen and oxygen atoms in total. The molecule has 0 aliphatic heterocycles. The van der Waals surface area contributed by atoms with Crippen LogP contribution < -0.4 is 5.32 Å². The monoisotopic (exact) mass is 300 g/mol. The lowest BCUT2D eigenvalue weighted by Gasteiger charge is -2.24. The van der Waals surface area contributed by atoms with Crippen LogP contribution in [0.1, 0.15) is 35.6 Å². The number of rotatable bonds is 9. The minimum absolute atomic E-state index is 0.656. The summed E-state index contributed by atoms with van der Waals surface area (Å²) in [6.45, 7) is 9.85. The van der Waals surface area contributed by atoms with Gasteiger partial charge in [-0.1, -0.05) is 6.92 Å². The molecule has 4 heteroatoms. The number of nitrogens with zero attached hydrogens (tertiary/aromatic N) is 1. The van der Waals surface area contributed by atoms with Crippen LogP contribution in [0.15, 0.2) is 6.07 Å². The zero-order valence-electron chi connectivity index (χ0n) is 13.0. The normalized spacial score (nSPS) is 13.2. The highest BCUT2D eigenvalue weighted by molar-refractivity contribution is 7.98. The van der Waals surface area contributed by atoms with Gasteiger partial charge in [-0.2, -0.15) is 11.8 Å². The average molecular weight is 301 g/mol. The van der Waals surface area contributed by atoms with Crippen molar-refractivity contribution in [3.05, 3.63) is 21.4 Å². The van der Waals surface area contributed by atoms with E-state index in [4.69, 9.17) is 0 Å². The highest BCUT2D eigenvalue weighted by Crippen LogP contribution is 2.23. The fourth-order valence-corrected chi connectivity index (χ4v) is 3.61. The molecule has 1 N–H and O–H groups in total. The first kappa shape index (κ1) is 17.0. The highest BCUT2D eigenvalue weighted by Gasteiger charge is 2.12. The molecule has 0 aromatic carbocycles. The van der Waals surface area contributed by atoms with Gasteiger partial charge in [-0.15, -0.1) is 11.3 Å². The van der Waals surface area contributed by atoms with Gasteiger partial charge in [0.1, 0.15) is 0 Å². The van der Waals surface area contributed by atoms with Gasteiger partial charge in [-0.25, -0.2) is 0 Å². The molecule has 1 aromatic rings. The van der Waals surface area contributed by atoms with Gasteiger partial charge in [0.2, 0.25) is 0 Å². The van der Waals surface area contributed by atoms with Gasteiger partial charge in [0.25, 0.3) is 0 Å². The summed E-state index contributed by atoms with van der Waals surface area (Å²) < 4.78 is 0. The molecule has 0 aliphatic carbocycles. The predicted octanol–water partition coefficient (Wildman–Crippen LogP) is 3.74. The second-order valence-electron chi connectivity index (χ2n) is 5.12. The molecule has 0 amide bonds. The van der Waals surface area contributed by atoms with Crippen LogP contribution in [0.2, 0.25) is 0 Å². The Labute approximate surface area is 127 Å². The van der Waals surface area contributed by atoms with Crippen molar-refractivity contribution in [1.29, 1.82) is 0 Å². The summed E-state index contributed by atoms with van der Waals surface area (Å²) >= 11 is 3.87. The fraction of sp³-hybridized carbons (Fsp3) is 0.733. The summed E-state index contributed by atoms with van der Waals surface area (Å²) in [6, 6.07) is 3.03. The molecule has 1 atom stereocenters. The van der Waals surface area contributed by atoms with Crippen LogP contribution in [0, 0.1) is 6.92 Å². The van der Waals surface area contributed by atoms with Gasteiger partial charge in [-0.3, -0.25) is 4.90 Å². The quantitative estimate of drug-likeness (QED) is 0.748. The first-order chi connectivity index (χ1) is 9.08. The van der Waals surface area contributed by atoms with Crippen molar-refractivity contribution < 1.29 is 0 Å². The molecular formula is C15H28N2S2. The fourth-order valence-electron chi connectivity index (χ4n) is 2.01. The molecule has 1 heterocycles. The molecule has 1 unspecified atom stereocenters. The summed E-state index contributed by atoms with van der Waals surface area (Å²) in [4.78, 5) is 5.40. The van der Waals surface area contributed by atoms with Crippen molar-refractivity contribution in [3.63, 3.8) is 0 Å². The lowest BCUT2D eigenvalue weighted by Crippen LogP contribution is -2.29. The van der Waals surface area contributed by atoms with E-state index in [0.29, 0.717) is 6.04 Å². The van der Waals surface area contributed by atoms with Gasteiger partial charge in [0.05, 0.1) is 0 Å². The summed E-state index contributed by atoms with van der Waals surface area (Å²) in [7, 11) is 2.24. The average Bonchev–Trinajstić information content (AvgIpc) is 2.74. The minimum Gasteiger partial charge on any atom is -0.312 e. The zero-order chi connectivity index (χ0) is 14.3. The number of nitrogens with one attached hydrogen (secondary N) is 1. The van der Waals surface area contributed by atoms with Crippen molar-refractivity contribution in [2.45, 2.75) is 46.3 Å². The van der Waals surface area contributed by atoms with Crippen LogP contribution in [0.3, 0.4) is 0 Å². The van der Waals surface area contributed by atoms with Crippen LogP contribution in [0.4, 0.5) is 0 Å². The van der Waals surface area contributed by atoms with E-state index in [1.54, 1.807) is 0 Å². The van der Waals surface area contributed by atoms with Crippen LogP contribution in [0.25, 0.3) is 0 Å². The second-order valence-corrected chi connectivity index (χ2v) is 7.45. The van der Waals surface area contributed by atoms with Gasteiger partial charge >= 0.3 is 0 Å². The van der Waals surface area contributed by atoms with Crippen LogP contribution in [-0.4, -0.2) is 36.5 Å². The Morgan fingerprint density at radius 2 is 2.21 bits per heavy atom. The first-order valence-corrected chi connectivity index (χ1v) is 9.27. The standard InChI is InChI=1S/C15H28N2S2/c1-6-16-10-15-9-14(13(3)19-15)11-17(4)12(2)7-8-18-5/h9,12,16H,6-8,10-11H2,1-5H3. The lowest BCUT2D eigenvalue weighted by molar-refractivity contribution is 0.245. The zero-order valence-corrected chi connectivity index (χ0v) is 14.6. The van der Waals surface area contributed by atoms with E-state index >= 15 is 0 Å². The molecule has 110 valence electrons. The number of thioether (sulfide) groups is 1. The minimum atomic E-state index is 0.656. The van der Waals surface area contributed by atoms with Gasteiger partial charge in [0.15, 0.2) is 0 Å². The molecular weight excluding hydrogens is 272 g/mol. The number of aryl methyl sites for hydroxylation is 1. The molecule has 0 fully saturated rings. The lowest BCUT2D eigenvalue weighted by atomic mass is 10.2. The number of thiophene rings is 1. The van der Waals surface area contributed by atoms with Gasteiger partial charge < -0.3 is 5.32 Å². The van der Waals surface area contributed by atoms with Crippen molar-refractivity contribution in [2.75, 3.05) is 25.6 Å². The SMILES string of the molecule is CCNCc1cc(CN(C)C(C)CCSC)c(C)s1.